The zero-order valence-corrected chi connectivity index (χ0v) is 14.2. The molecule has 0 aliphatic carbocycles. The van der Waals surface area contributed by atoms with E-state index in [1.807, 2.05) is 50.6 Å². The van der Waals surface area contributed by atoms with Crippen LogP contribution in [0, 0.1) is 6.92 Å². The summed E-state index contributed by atoms with van der Waals surface area (Å²) >= 11 is 0. The number of hydrogen-bond acceptors (Lipinski definition) is 4. The van der Waals surface area contributed by atoms with Gasteiger partial charge in [0.2, 0.25) is 0 Å². The van der Waals surface area contributed by atoms with Crippen LogP contribution in [0.2, 0.25) is 0 Å². The lowest BCUT2D eigenvalue weighted by Gasteiger charge is -2.12. The number of hydrogen-bond donors (Lipinski definition) is 2. The largest absolute Gasteiger partial charge is 0.464 e. The lowest BCUT2D eigenvalue weighted by Crippen LogP contribution is -2.31. The number of aryl methyl sites for hydroxylation is 1. The molecule has 3 aromatic heterocycles. The summed E-state index contributed by atoms with van der Waals surface area (Å²) in [5.41, 5.74) is 1.42. The molecule has 0 saturated carbocycles. The second-order valence-corrected chi connectivity index (χ2v) is 6.09. The van der Waals surface area contributed by atoms with Gasteiger partial charge in [0.05, 0.1) is 24.1 Å². The number of nitrogens with zero attached hydrogens (tertiary/aromatic N) is 3. The van der Waals surface area contributed by atoms with Gasteiger partial charge in [-0.3, -0.25) is 0 Å². The zero-order chi connectivity index (χ0) is 17.3. The number of amides is 2. The third-order valence-corrected chi connectivity index (χ3v) is 3.72. The molecule has 24 heavy (non-hydrogen) atoms. The van der Waals surface area contributed by atoms with E-state index in [4.69, 9.17) is 4.42 Å². The van der Waals surface area contributed by atoms with E-state index in [2.05, 4.69) is 20.7 Å². The summed E-state index contributed by atoms with van der Waals surface area (Å²) in [4.78, 5) is 16.5. The topological polar surface area (TPSA) is 85.0 Å². The number of carbonyl (C=O) groups is 1. The van der Waals surface area contributed by atoms with Gasteiger partial charge in [-0.05, 0) is 45.9 Å². The predicted molar refractivity (Wildman–Crippen MR) is 91.9 cm³/mol. The smallest absolute Gasteiger partial charge is 0.319 e. The zero-order valence-electron chi connectivity index (χ0n) is 14.2. The Bertz CT molecular complexity index is 865. The van der Waals surface area contributed by atoms with E-state index >= 15 is 0 Å². The second-order valence-electron chi connectivity index (χ2n) is 6.09. The van der Waals surface area contributed by atoms with Crippen LogP contribution < -0.4 is 10.6 Å². The van der Waals surface area contributed by atoms with Crippen LogP contribution in [-0.4, -0.2) is 20.8 Å². The third-order valence-electron chi connectivity index (χ3n) is 3.72. The third kappa shape index (κ3) is 3.24. The predicted octanol–water partition coefficient (Wildman–Crippen LogP) is 3.80. The summed E-state index contributed by atoms with van der Waals surface area (Å²) in [6.45, 7) is 7.83. The van der Waals surface area contributed by atoms with Gasteiger partial charge in [-0.1, -0.05) is 0 Å². The highest BCUT2D eigenvalue weighted by Gasteiger charge is 2.14. The summed E-state index contributed by atoms with van der Waals surface area (Å²) in [6.07, 6.45) is 3.38. The molecular formula is C17H21N5O2. The average Bonchev–Trinajstić information content (AvgIpc) is 3.12. The summed E-state index contributed by atoms with van der Waals surface area (Å²) in [7, 11) is 0. The van der Waals surface area contributed by atoms with Gasteiger partial charge in [-0.2, -0.15) is 5.10 Å². The van der Waals surface area contributed by atoms with Crippen molar-refractivity contribution in [3.63, 3.8) is 0 Å². The van der Waals surface area contributed by atoms with Gasteiger partial charge in [0.25, 0.3) is 0 Å². The molecule has 0 fully saturated rings. The van der Waals surface area contributed by atoms with Gasteiger partial charge in [0, 0.05) is 11.4 Å². The summed E-state index contributed by atoms with van der Waals surface area (Å²) < 4.78 is 7.36. The minimum absolute atomic E-state index is 0.223. The van der Waals surface area contributed by atoms with Crippen LogP contribution in [0.5, 0.6) is 0 Å². The fourth-order valence-corrected chi connectivity index (χ4v) is 2.51. The van der Waals surface area contributed by atoms with Crippen LogP contribution in [0.15, 0.2) is 35.0 Å². The van der Waals surface area contributed by atoms with Crippen molar-refractivity contribution in [2.24, 2.45) is 0 Å². The maximum absolute atomic E-state index is 12.1. The summed E-state index contributed by atoms with van der Waals surface area (Å²) in [5, 5.41) is 10.8. The standard InChI is InChI=1S/C17H21N5O2/c1-10(2)22-16-13(8-19-22)7-14(9-18-16)21-17(23)20-12(4)15-6-5-11(3)24-15/h5-10,12H,1-4H3,(H2,20,21,23)/t12-/m1/s1. The van der Waals surface area contributed by atoms with E-state index in [-0.39, 0.29) is 18.1 Å². The molecule has 3 aromatic rings. The Hall–Kier alpha value is -2.83. The van der Waals surface area contributed by atoms with Crippen molar-refractivity contribution in [2.45, 2.75) is 39.8 Å². The highest BCUT2D eigenvalue weighted by atomic mass is 16.3. The molecule has 1 atom stereocenters. The normalized spacial score (nSPS) is 12.5. The summed E-state index contributed by atoms with van der Waals surface area (Å²) in [6, 6.07) is 5.28. The van der Waals surface area contributed by atoms with E-state index in [0.29, 0.717) is 5.69 Å². The Morgan fingerprint density at radius 2 is 2.04 bits per heavy atom. The van der Waals surface area contributed by atoms with Crippen LogP contribution in [0.3, 0.4) is 0 Å². The molecule has 0 aliphatic heterocycles. The number of furan rings is 1. The molecule has 3 rings (SSSR count). The van der Waals surface area contributed by atoms with Gasteiger partial charge in [0.15, 0.2) is 5.65 Å². The van der Waals surface area contributed by atoms with Crippen LogP contribution in [0.4, 0.5) is 10.5 Å². The summed E-state index contributed by atoms with van der Waals surface area (Å²) in [5.74, 6) is 1.53. The van der Waals surface area contributed by atoms with E-state index < -0.39 is 0 Å². The van der Waals surface area contributed by atoms with Crippen LogP contribution in [0.1, 0.15) is 44.4 Å². The van der Waals surface area contributed by atoms with Gasteiger partial charge < -0.3 is 15.1 Å². The fraction of sp³-hybridized carbons (Fsp3) is 0.353. The molecule has 2 amide bonds. The maximum atomic E-state index is 12.1. The van der Waals surface area contributed by atoms with Crippen LogP contribution >= 0.6 is 0 Å². The lowest BCUT2D eigenvalue weighted by atomic mass is 10.2. The van der Waals surface area contributed by atoms with Crippen LogP contribution in [0.25, 0.3) is 11.0 Å². The monoisotopic (exact) mass is 327 g/mol. The maximum Gasteiger partial charge on any atom is 0.319 e. The first kappa shape index (κ1) is 16.0. The number of nitrogens with one attached hydrogen (secondary N) is 2. The van der Waals surface area contributed by atoms with Crippen molar-refractivity contribution in [1.82, 2.24) is 20.1 Å². The number of carbonyl (C=O) groups excluding carboxylic acids is 1. The molecule has 0 saturated heterocycles. The highest BCUT2D eigenvalue weighted by molar-refractivity contribution is 5.91. The quantitative estimate of drug-likeness (QED) is 0.763. The van der Waals surface area contributed by atoms with Crippen molar-refractivity contribution in [3.8, 4) is 0 Å². The lowest BCUT2D eigenvalue weighted by molar-refractivity contribution is 0.247. The first-order valence-corrected chi connectivity index (χ1v) is 7.91. The molecule has 0 aromatic carbocycles. The Labute approximate surface area is 140 Å². The van der Waals surface area contributed by atoms with Crippen molar-refractivity contribution in [3.05, 3.63) is 42.1 Å². The molecule has 0 radical (unpaired) electrons. The first-order chi connectivity index (χ1) is 11.4. The van der Waals surface area contributed by atoms with Crippen molar-refractivity contribution >= 4 is 22.8 Å². The van der Waals surface area contributed by atoms with Gasteiger partial charge >= 0.3 is 6.03 Å². The highest BCUT2D eigenvalue weighted by Crippen LogP contribution is 2.19. The van der Waals surface area contributed by atoms with Crippen molar-refractivity contribution < 1.29 is 9.21 Å². The number of fused-ring (bicyclic) bond motifs is 1. The Balaban J connectivity index is 1.69. The fourth-order valence-electron chi connectivity index (χ4n) is 2.51. The van der Waals surface area contributed by atoms with Crippen LogP contribution in [-0.2, 0) is 0 Å². The molecule has 0 unspecified atom stereocenters. The van der Waals surface area contributed by atoms with E-state index in [1.165, 1.54) is 0 Å². The molecule has 7 heteroatoms. The van der Waals surface area contributed by atoms with E-state index in [1.54, 1.807) is 12.4 Å². The molecule has 7 nitrogen and oxygen atoms in total. The Morgan fingerprint density at radius 3 is 2.71 bits per heavy atom. The number of anilines is 1. The second kappa shape index (κ2) is 6.35. The minimum Gasteiger partial charge on any atom is -0.464 e. The molecule has 126 valence electrons. The first-order valence-electron chi connectivity index (χ1n) is 7.91. The SMILES string of the molecule is Cc1ccc([C@@H](C)NC(=O)Nc2cnc3c(cnn3C(C)C)c2)o1. The molecule has 3 heterocycles. The molecule has 0 bridgehead atoms. The van der Waals surface area contributed by atoms with Crippen molar-refractivity contribution in [1.29, 1.82) is 0 Å². The van der Waals surface area contributed by atoms with Gasteiger partial charge in [0.1, 0.15) is 11.5 Å². The number of aromatic nitrogens is 3. The van der Waals surface area contributed by atoms with E-state index in [9.17, 15) is 4.79 Å². The Kier molecular flexibility index (Phi) is 4.24. The molecule has 0 spiro atoms. The van der Waals surface area contributed by atoms with Gasteiger partial charge in [-0.15, -0.1) is 0 Å². The number of pyridine rings is 1. The Morgan fingerprint density at radius 1 is 1.25 bits per heavy atom. The van der Waals surface area contributed by atoms with E-state index in [0.717, 1.165) is 22.6 Å². The minimum atomic E-state index is -0.311. The average molecular weight is 327 g/mol. The molecular weight excluding hydrogens is 306 g/mol. The number of rotatable bonds is 4. The number of urea groups is 1. The van der Waals surface area contributed by atoms with Gasteiger partial charge in [-0.25, -0.2) is 14.5 Å². The molecule has 0 aliphatic rings. The molecule has 2 N–H and O–H groups in total. The van der Waals surface area contributed by atoms with Crippen molar-refractivity contribution in [2.75, 3.05) is 5.32 Å².